The van der Waals surface area contributed by atoms with E-state index in [4.69, 9.17) is 11.6 Å². The van der Waals surface area contributed by atoms with Crippen molar-refractivity contribution in [2.24, 2.45) is 10.1 Å². The predicted molar refractivity (Wildman–Crippen MR) is 93.6 cm³/mol. The van der Waals surface area contributed by atoms with E-state index < -0.39 is 0 Å². The van der Waals surface area contributed by atoms with E-state index >= 15 is 0 Å². The molecule has 3 aromatic rings. The highest BCUT2D eigenvalue weighted by Crippen LogP contribution is 2.23. The van der Waals surface area contributed by atoms with Crippen molar-refractivity contribution < 1.29 is 4.39 Å². The van der Waals surface area contributed by atoms with Crippen LogP contribution in [0.25, 0.3) is 11.3 Å². The van der Waals surface area contributed by atoms with E-state index in [2.05, 4.69) is 10.1 Å². The summed E-state index contributed by atoms with van der Waals surface area (Å²) < 4.78 is 15.7. The lowest BCUT2D eigenvalue weighted by Gasteiger charge is -2.04. The summed E-state index contributed by atoms with van der Waals surface area (Å²) in [6.07, 6.45) is 1.65. The number of nitrogens with zero attached hydrogens (tertiary/aromatic N) is 3. The lowest BCUT2D eigenvalue weighted by Crippen LogP contribution is -2.11. The third kappa shape index (κ3) is 3.25. The summed E-state index contributed by atoms with van der Waals surface area (Å²) in [4.78, 5) is 4.87. The Balaban J connectivity index is 2.11. The van der Waals surface area contributed by atoms with E-state index in [0.717, 1.165) is 5.56 Å². The summed E-state index contributed by atoms with van der Waals surface area (Å²) in [7, 11) is 1.68. The smallest absolute Gasteiger partial charge is 0.205 e. The topological polar surface area (TPSA) is 29.6 Å². The second kappa shape index (κ2) is 6.89. The van der Waals surface area contributed by atoms with Gasteiger partial charge in [-0.1, -0.05) is 41.9 Å². The van der Waals surface area contributed by atoms with Gasteiger partial charge in [0.2, 0.25) is 4.80 Å². The van der Waals surface area contributed by atoms with Crippen molar-refractivity contribution >= 4 is 29.2 Å². The summed E-state index contributed by atoms with van der Waals surface area (Å²) in [5, 5.41) is 6.89. The van der Waals surface area contributed by atoms with Gasteiger partial charge in [-0.2, -0.15) is 5.10 Å². The molecule has 0 saturated heterocycles. The van der Waals surface area contributed by atoms with Crippen LogP contribution < -0.4 is 4.80 Å². The SMILES string of the molecule is CN=c1scc(-c2ccccc2F)n1/N=C\c1ccccc1Cl. The molecule has 0 spiro atoms. The standard InChI is InChI=1S/C17H13ClFN3S/c1-20-17-22(21-10-12-6-2-4-8-14(12)18)16(11-23-17)13-7-3-5-9-15(13)19/h2-11H,1H3/b20-17?,21-10-. The molecule has 0 bridgehead atoms. The molecule has 0 fully saturated rings. The number of halogens is 2. The number of hydrogen-bond donors (Lipinski definition) is 0. The Hall–Kier alpha value is -2.24. The Morgan fingerprint density at radius 2 is 1.87 bits per heavy atom. The minimum Gasteiger partial charge on any atom is -0.261 e. The van der Waals surface area contributed by atoms with Crippen LogP contribution >= 0.6 is 22.9 Å². The molecular weight excluding hydrogens is 333 g/mol. The van der Waals surface area contributed by atoms with E-state index in [0.29, 0.717) is 21.1 Å². The molecule has 0 saturated carbocycles. The zero-order valence-electron chi connectivity index (χ0n) is 12.3. The minimum atomic E-state index is -0.297. The lowest BCUT2D eigenvalue weighted by atomic mass is 10.1. The number of rotatable bonds is 3. The Morgan fingerprint density at radius 3 is 2.61 bits per heavy atom. The van der Waals surface area contributed by atoms with Crippen molar-refractivity contribution in [3.63, 3.8) is 0 Å². The number of thiazole rings is 1. The first-order chi connectivity index (χ1) is 11.2. The van der Waals surface area contributed by atoms with E-state index in [-0.39, 0.29) is 5.82 Å². The second-order valence-corrected chi connectivity index (χ2v) is 5.93. The summed E-state index contributed by atoms with van der Waals surface area (Å²) in [5.74, 6) is -0.297. The second-order valence-electron chi connectivity index (χ2n) is 4.68. The molecule has 116 valence electrons. The van der Waals surface area contributed by atoms with Crippen LogP contribution in [-0.4, -0.2) is 17.9 Å². The molecule has 1 aromatic heterocycles. The van der Waals surface area contributed by atoms with Crippen LogP contribution in [0.1, 0.15) is 5.56 Å². The van der Waals surface area contributed by atoms with Crippen LogP contribution in [0.2, 0.25) is 5.02 Å². The van der Waals surface area contributed by atoms with Gasteiger partial charge in [-0.05, 0) is 18.2 Å². The molecule has 23 heavy (non-hydrogen) atoms. The van der Waals surface area contributed by atoms with Gasteiger partial charge in [-0.3, -0.25) is 4.99 Å². The van der Waals surface area contributed by atoms with Crippen molar-refractivity contribution in [2.45, 2.75) is 0 Å². The summed E-state index contributed by atoms with van der Waals surface area (Å²) in [6.45, 7) is 0. The predicted octanol–water partition coefficient (Wildman–Crippen LogP) is 4.42. The quantitative estimate of drug-likeness (QED) is 0.629. The molecule has 0 unspecified atom stereocenters. The Kier molecular flexibility index (Phi) is 4.69. The molecule has 0 aliphatic rings. The molecule has 0 aliphatic heterocycles. The van der Waals surface area contributed by atoms with Crippen molar-refractivity contribution in [1.29, 1.82) is 0 Å². The van der Waals surface area contributed by atoms with Crippen LogP contribution in [0.3, 0.4) is 0 Å². The molecule has 3 nitrogen and oxygen atoms in total. The maximum atomic E-state index is 14.1. The van der Waals surface area contributed by atoms with Gasteiger partial charge in [-0.15, -0.1) is 11.3 Å². The monoisotopic (exact) mass is 345 g/mol. The molecule has 0 aliphatic carbocycles. The lowest BCUT2D eigenvalue weighted by molar-refractivity contribution is 0.629. The zero-order chi connectivity index (χ0) is 16.2. The maximum Gasteiger partial charge on any atom is 0.205 e. The molecule has 3 rings (SSSR count). The van der Waals surface area contributed by atoms with Gasteiger partial charge in [0.05, 0.1) is 11.9 Å². The highest BCUT2D eigenvalue weighted by Gasteiger charge is 2.11. The molecular formula is C17H13ClFN3S. The van der Waals surface area contributed by atoms with Crippen LogP contribution in [0.5, 0.6) is 0 Å². The largest absolute Gasteiger partial charge is 0.261 e. The Morgan fingerprint density at radius 1 is 1.13 bits per heavy atom. The van der Waals surface area contributed by atoms with Gasteiger partial charge >= 0.3 is 0 Å². The summed E-state index contributed by atoms with van der Waals surface area (Å²) in [5.41, 5.74) is 1.92. The third-order valence-corrected chi connectivity index (χ3v) is 4.50. The zero-order valence-corrected chi connectivity index (χ0v) is 13.9. The van der Waals surface area contributed by atoms with E-state index in [1.807, 2.05) is 23.6 Å². The highest BCUT2D eigenvalue weighted by atomic mass is 35.5. The van der Waals surface area contributed by atoms with Crippen LogP contribution in [0, 0.1) is 5.82 Å². The van der Waals surface area contributed by atoms with E-state index in [9.17, 15) is 4.39 Å². The van der Waals surface area contributed by atoms with E-state index in [1.165, 1.54) is 17.4 Å². The van der Waals surface area contributed by atoms with Crippen LogP contribution in [0.4, 0.5) is 4.39 Å². The summed E-state index contributed by atoms with van der Waals surface area (Å²) >= 11 is 7.54. The van der Waals surface area contributed by atoms with Crippen molar-refractivity contribution in [3.8, 4) is 11.3 Å². The molecule has 0 atom stereocenters. The first-order valence-corrected chi connectivity index (χ1v) is 8.13. The number of benzene rings is 2. The Labute approximate surface area is 142 Å². The van der Waals surface area contributed by atoms with Crippen molar-refractivity contribution in [2.75, 3.05) is 7.05 Å². The first kappa shape index (κ1) is 15.6. The minimum absolute atomic E-state index is 0.297. The fourth-order valence-corrected chi connectivity index (χ4v) is 3.10. The Bertz CT molecular complexity index is 927. The van der Waals surface area contributed by atoms with Crippen LogP contribution in [-0.2, 0) is 0 Å². The third-order valence-electron chi connectivity index (χ3n) is 3.24. The maximum absolute atomic E-state index is 14.1. The molecule has 0 amide bonds. The number of aromatic nitrogens is 1. The molecule has 0 N–H and O–H groups in total. The molecule has 1 heterocycles. The van der Waals surface area contributed by atoms with Gasteiger partial charge in [0.1, 0.15) is 5.82 Å². The fraction of sp³-hybridized carbons (Fsp3) is 0.0588. The van der Waals surface area contributed by atoms with Crippen molar-refractivity contribution in [1.82, 2.24) is 4.68 Å². The molecule has 2 aromatic carbocycles. The summed E-state index contributed by atoms with van der Waals surface area (Å²) in [6, 6.07) is 14.0. The fourth-order valence-electron chi connectivity index (χ4n) is 2.12. The van der Waals surface area contributed by atoms with Gasteiger partial charge in [0, 0.05) is 28.6 Å². The highest BCUT2D eigenvalue weighted by molar-refractivity contribution is 7.07. The molecule has 6 heteroatoms. The normalized spacial score (nSPS) is 12.2. The van der Waals surface area contributed by atoms with Gasteiger partial charge in [-0.25, -0.2) is 9.07 Å². The number of hydrogen-bond acceptors (Lipinski definition) is 3. The van der Waals surface area contributed by atoms with Gasteiger partial charge in [0.25, 0.3) is 0 Å². The van der Waals surface area contributed by atoms with Crippen molar-refractivity contribution in [3.05, 3.63) is 75.1 Å². The molecule has 0 radical (unpaired) electrons. The van der Waals surface area contributed by atoms with E-state index in [1.54, 1.807) is 42.2 Å². The van der Waals surface area contributed by atoms with Gasteiger partial charge in [0.15, 0.2) is 0 Å². The van der Waals surface area contributed by atoms with Gasteiger partial charge < -0.3 is 0 Å². The average Bonchev–Trinajstić information content (AvgIpc) is 2.97. The average molecular weight is 346 g/mol. The first-order valence-electron chi connectivity index (χ1n) is 6.88. The van der Waals surface area contributed by atoms with Crippen LogP contribution in [0.15, 0.2) is 64.0 Å².